The van der Waals surface area contributed by atoms with Gasteiger partial charge < -0.3 is 10.6 Å². The molecule has 1 aromatic heterocycles. The van der Waals surface area contributed by atoms with Crippen molar-refractivity contribution in [1.29, 1.82) is 0 Å². The number of hydrogen-bond donors (Lipinski definition) is 2. The van der Waals surface area contributed by atoms with Crippen molar-refractivity contribution in [3.8, 4) is 0 Å². The van der Waals surface area contributed by atoms with E-state index in [1.54, 1.807) is 0 Å². The van der Waals surface area contributed by atoms with Gasteiger partial charge in [0.2, 0.25) is 5.95 Å². The van der Waals surface area contributed by atoms with Crippen molar-refractivity contribution in [3.05, 3.63) is 18.0 Å². The van der Waals surface area contributed by atoms with Gasteiger partial charge in [-0.3, -0.25) is 0 Å². The molecule has 4 heteroatoms. The van der Waals surface area contributed by atoms with Crippen molar-refractivity contribution >= 4 is 5.95 Å². The Morgan fingerprint density at radius 3 is 2.47 bits per heavy atom. The summed E-state index contributed by atoms with van der Waals surface area (Å²) in [6.45, 7) is 1.78. The zero-order chi connectivity index (χ0) is 11.9. The maximum Gasteiger partial charge on any atom is 0.222 e. The zero-order valence-corrected chi connectivity index (χ0v) is 10.6. The molecule has 1 aliphatic rings. The van der Waals surface area contributed by atoms with Gasteiger partial charge in [-0.25, -0.2) is 9.97 Å². The number of anilines is 1. The van der Waals surface area contributed by atoms with Crippen LogP contribution >= 0.6 is 0 Å². The van der Waals surface area contributed by atoms with Crippen LogP contribution in [0.3, 0.4) is 0 Å². The Labute approximate surface area is 103 Å². The molecule has 0 unspecified atom stereocenters. The van der Waals surface area contributed by atoms with E-state index in [0.29, 0.717) is 5.92 Å². The SMILES string of the molecule is CNCCNc1ncc(C2CCCCC2)cn1. The van der Waals surface area contributed by atoms with Crippen LogP contribution in [-0.2, 0) is 0 Å². The summed E-state index contributed by atoms with van der Waals surface area (Å²) in [5.74, 6) is 1.43. The first-order valence-corrected chi connectivity index (χ1v) is 6.60. The average molecular weight is 234 g/mol. The summed E-state index contributed by atoms with van der Waals surface area (Å²) in [7, 11) is 1.94. The Morgan fingerprint density at radius 1 is 1.12 bits per heavy atom. The molecule has 94 valence electrons. The predicted octanol–water partition coefficient (Wildman–Crippen LogP) is 2.16. The molecule has 0 aromatic carbocycles. The van der Waals surface area contributed by atoms with Crippen LogP contribution in [0.4, 0.5) is 5.95 Å². The molecule has 4 nitrogen and oxygen atoms in total. The molecule has 1 fully saturated rings. The molecule has 2 N–H and O–H groups in total. The van der Waals surface area contributed by atoms with Crippen LogP contribution in [0.1, 0.15) is 43.6 Å². The summed E-state index contributed by atoms with van der Waals surface area (Å²) in [6.07, 6.45) is 10.7. The molecule has 0 saturated heterocycles. The molecular formula is C13H22N4. The Kier molecular flexibility index (Phi) is 4.74. The maximum atomic E-state index is 4.38. The number of rotatable bonds is 5. The lowest BCUT2D eigenvalue weighted by Gasteiger charge is -2.21. The van der Waals surface area contributed by atoms with Crippen LogP contribution in [0.15, 0.2) is 12.4 Å². The van der Waals surface area contributed by atoms with Crippen molar-refractivity contribution in [2.24, 2.45) is 0 Å². The fourth-order valence-electron chi connectivity index (χ4n) is 2.38. The van der Waals surface area contributed by atoms with Gasteiger partial charge in [0.05, 0.1) is 0 Å². The predicted molar refractivity (Wildman–Crippen MR) is 70.3 cm³/mol. The van der Waals surface area contributed by atoms with Gasteiger partial charge in [-0.05, 0) is 31.4 Å². The number of likely N-dealkylation sites (N-methyl/N-ethyl adjacent to an activating group) is 1. The van der Waals surface area contributed by atoms with Crippen LogP contribution in [0.2, 0.25) is 0 Å². The van der Waals surface area contributed by atoms with Crippen LogP contribution < -0.4 is 10.6 Å². The van der Waals surface area contributed by atoms with Crippen molar-refractivity contribution in [3.63, 3.8) is 0 Å². The average Bonchev–Trinajstić information content (AvgIpc) is 2.41. The van der Waals surface area contributed by atoms with Crippen LogP contribution in [0.5, 0.6) is 0 Å². The summed E-state index contributed by atoms with van der Waals surface area (Å²) in [5.41, 5.74) is 1.31. The van der Waals surface area contributed by atoms with Crippen molar-refractivity contribution in [2.45, 2.75) is 38.0 Å². The number of nitrogens with zero attached hydrogens (tertiary/aromatic N) is 2. The molecule has 0 bridgehead atoms. The normalized spacial score (nSPS) is 17.0. The minimum Gasteiger partial charge on any atom is -0.353 e. The summed E-state index contributed by atoms with van der Waals surface area (Å²) in [4.78, 5) is 8.75. The summed E-state index contributed by atoms with van der Waals surface area (Å²) in [6, 6.07) is 0. The standard InChI is InChI=1S/C13H22N4/c1-14-7-8-15-13-16-9-12(10-17-13)11-5-3-2-4-6-11/h9-11,14H,2-8H2,1H3,(H,15,16,17). The van der Waals surface area contributed by atoms with Gasteiger partial charge in [-0.1, -0.05) is 19.3 Å². The smallest absolute Gasteiger partial charge is 0.222 e. The Balaban J connectivity index is 1.88. The number of aromatic nitrogens is 2. The molecule has 1 aliphatic carbocycles. The number of nitrogens with one attached hydrogen (secondary N) is 2. The highest BCUT2D eigenvalue weighted by atomic mass is 15.1. The highest BCUT2D eigenvalue weighted by molar-refractivity contribution is 5.26. The lowest BCUT2D eigenvalue weighted by atomic mass is 9.85. The first kappa shape index (κ1) is 12.3. The van der Waals surface area contributed by atoms with Gasteiger partial charge in [0.15, 0.2) is 0 Å². The van der Waals surface area contributed by atoms with Gasteiger partial charge in [0.1, 0.15) is 0 Å². The molecule has 1 aromatic rings. The first-order chi connectivity index (χ1) is 8.40. The van der Waals surface area contributed by atoms with E-state index < -0.39 is 0 Å². The first-order valence-electron chi connectivity index (χ1n) is 6.60. The van der Waals surface area contributed by atoms with E-state index in [1.165, 1.54) is 37.7 Å². The van der Waals surface area contributed by atoms with Gasteiger partial charge in [0.25, 0.3) is 0 Å². The quantitative estimate of drug-likeness (QED) is 0.767. The van der Waals surface area contributed by atoms with Crippen molar-refractivity contribution in [2.75, 3.05) is 25.5 Å². The van der Waals surface area contributed by atoms with Crippen LogP contribution in [0.25, 0.3) is 0 Å². The second-order valence-electron chi connectivity index (χ2n) is 4.71. The summed E-state index contributed by atoms with van der Waals surface area (Å²) >= 11 is 0. The van der Waals surface area contributed by atoms with E-state index in [4.69, 9.17) is 0 Å². The van der Waals surface area contributed by atoms with Crippen LogP contribution in [-0.4, -0.2) is 30.1 Å². The number of hydrogen-bond acceptors (Lipinski definition) is 4. The van der Waals surface area contributed by atoms with E-state index in [1.807, 2.05) is 19.4 Å². The largest absolute Gasteiger partial charge is 0.353 e. The maximum absolute atomic E-state index is 4.38. The topological polar surface area (TPSA) is 49.8 Å². The summed E-state index contributed by atoms with van der Waals surface area (Å²) < 4.78 is 0. The molecule has 0 atom stereocenters. The molecule has 2 rings (SSSR count). The Hall–Kier alpha value is -1.16. The lowest BCUT2D eigenvalue weighted by molar-refractivity contribution is 0.442. The second kappa shape index (κ2) is 6.55. The Morgan fingerprint density at radius 2 is 1.82 bits per heavy atom. The minimum absolute atomic E-state index is 0.690. The van der Waals surface area contributed by atoms with Gasteiger partial charge in [-0.2, -0.15) is 0 Å². The lowest BCUT2D eigenvalue weighted by Crippen LogP contribution is -2.18. The molecule has 0 aliphatic heterocycles. The molecule has 17 heavy (non-hydrogen) atoms. The summed E-state index contributed by atoms with van der Waals surface area (Å²) in [5, 5.41) is 6.27. The molecule has 0 amide bonds. The molecular weight excluding hydrogens is 212 g/mol. The monoisotopic (exact) mass is 234 g/mol. The molecule has 1 saturated carbocycles. The van der Waals surface area contributed by atoms with Gasteiger partial charge >= 0.3 is 0 Å². The van der Waals surface area contributed by atoms with Gasteiger partial charge in [-0.15, -0.1) is 0 Å². The molecule has 1 heterocycles. The third-order valence-electron chi connectivity index (χ3n) is 3.41. The highest BCUT2D eigenvalue weighted by Gasteiger charge is 2.15. The Bertz CT molecular complexity index is 317. The van der Waals surface area contributed by atoms with E-state index in [2.05, 4.69) is 20.6 Å². The highest BCUT2D eigenvalue weighted by Crippen LogP contribution is 2.31. The molecule has 0 radical (unpaired) electrons. The van der Waals surface area contributed by atoms with E-state index >= 15 is 0 Å². The fraction of sp³-hybridized carbons (Fsp3) is 0.692. The van der Waals surface area contributed by atoms with Crippen LogP contribution in [0, 0.1) is 0 Å². The third kappa shape index (κ3) is 3.66. The zero-order valence-electron chi connectivity index (χ0n) is 10.6. The fourth-order valence-corrected chi connectivity index (χ4v) is 2.38. The van der Waals surface area contributed by atoms with E-state index in [0.717, 1.165) is 19.0 Å². The van der Waals surface area contributed by atoms with E-state index in [-0.39, 0.29) is 0 Å². The van der Waals surface area contributed by atoms with E-state index in [9.17, 15) is 0 Å². The van der Waals surface area contributed by atoms with Crippen molar-refractivity contribution < 1.29 is 0 Å². The second-order valence-corrected chi connectivity index (χ2v) is 4.71. The third-order valence-corrected chi connectivity index (χ3v) is 3.41. The minimum atomic E-state index is 0.690. The van der Waals surface area contributed by atoms with Crippen molar-refractivity contribution in [1.82, 2.24) is 15.3 Å². The molecule has 0 spiro atoms. The van der Waals surface area contributed by atoms with Gasteiger partial charge in [0, 0.05) is 25.5 Å².